The van der Waals surface area contributed by atoms with E-state index < -0.39 is 6.04 Å². The molecule has 31 heavy (non-hydrogen) atoms. The van der Waals surface area contributed by atoms with Gasteiger partial charge in [0.1, 0.15) is 0 Å². The van der Waals surface area contributed by atoms with Crippen LogP contribution in [0.15, 0.2) is 36.4 Å². The van der Waals surface area contributed by atoms with Gasteiger partial charge in [0, 0.05) is 16.8 Å². The summed E-state index contributed by atoms with van der Waals surface area (Å²) in [6.07, 6.45) is 0. The number of rotatable bonds is 10. The van der Waals surface area contributed by atoms with Crippen LogP contribution in [0.1, 0.15) is 20.8 Å². The van der Waals surface area contributed by atoms with Crippen LogP contribution in [-0.4, -0.2) is 49.6 Å². The molecular weight excluding hydrogens is 441 g/mol. The summed E-state index contributed by atoms with van der Waals surface area (Å²) in [6, 6.07) is 9.45. The highest BCUT2D eigenvalue weighted by atomic mass is 35.5. The van der Waals surface area contributed by atoms with Crippen molar-refractivity contribution in [2.24, 2.45) is 0 Å². The second-order valence-corrected chi connectivity index (χ2v) is 7.62. The average molecular weight is 468 g/mol. The first-order valence-corrected chi connectivity index (χ1v) is 10.7. The molecule has 2 N–H and O–H groups in total. The van der Waals surface area contributed by atoms with Crippen molar-refractivity contribution in [1.82, 2.24) is 4.90 Å². The number of anilines is 2. The van der Waals surface area contributed by atoms with Crippen molar-refractivity contribution in [3.05, 3.63) is 46.4 Å². The van der Waals surface area contributed by atoms with Crippen molar-refractivity contribution in [3.63, 3.8) is 0 Å². The fourth-order valence-electron chi connectivity index (χ4n) is 2.72. The molecule has 0 radical (unpaired) electrons. The number of hydrogen-bond acceptors (Lipinski definition) is 5. The van der Waals surface area contributed by atoms with Gasteiger partial charge in [-0.15, -0.1) is 0 Å². The third-order valence-corrected chi connectivity index (χ3v) is 5.00. The quantitative estimate of drug-likeness (QED) is 0.529. The molecular formula is C22H27Cl2N3O4. The molecule has 2 aromatic rings. The van der Waals surface area contributed by atoms with Gasteiger partial charge in [0.15, 0.2) is 11.5 Å². The molecule has 0 aliphatic rings. The van der Waals surface area contributed by atoms with E-state index in [-0.39, 0.29) is 18.4 Å². The van der Waals surface area contributed by atoms with Crippen molar-refractivity contribution in [2.75, 3.05) is 37.4 Å². The average Bonchev–Trinajstić information content (AvgIpc) is 2.71. The summed E-state index contributed by atoms with van der Waals surface area (Å²) in [6.45, 7) is 6.47. The Labute approximate surface area is 192 Å². The van der Waals surface area contributed by atoms with E-state index >= 15 is 0 Å². The molecule has 1 atom stereocenters. The SMILES string of the molecule is CCOc1ccc(NC(=O)CN(C)[C@H](C)C(=O)Nc2ccc(Cl)cc2Cl)cc1OCC. The van der Waals surface area contributed by atoms with E-state index in [4.69, 9.17) is 32.7 Å². The van der Waals surface area contributed by atoms with Gasteiger partial charge in [0.05, 0.1) is 36.5 Å². The Hall–Kier alpha value is -2.48. The van der Waals surface area contributed by atoms with Crippen LogP contribution < -0.4 is 20.1 Å². The molecule has 0 heterocycles. The molecule has 9 heteroatoms. The van der Waals surface area contributed by atoms with Crippen LogP contribution in [0, 0.1) is 0 Å². The summed E-state index contributed by atoms with van der Waals surface area (Å²) in [7, 11) is 1.69. The fourth-order valence-corrected chi connectivity index (χ4v) is 3.18. The van der Waals surface area contributed by atoms with Crippen molar-refractivity contribution < 1.29 is 19.1 Å². The largest absolute Gasteiger partial charge is 0.490 e. The summed E-state index contributed by atoms with van der Waals surface area (Å²) in [5.41, 5.74) is 1.04. The number of benzene rings is 2. The summed E-state index contributed by atoms with van der Waals surface area (Å²) in [5, 5.41) is 6.38. The number of halogens is 2. The first kappa shape index (κ1) is 24.8. The molecule has 2 rings (SSSR count). The van der Waals surface area contributed by atoms with Gasteiger partial charge in [-0.05, 0) is 58.2 Å². The molecule has 0 aliphatic heterocycles. The summed E-state index contributed by atoms with van der Waals surface area (Å²) < 4.78 is 11.1. The minimum atomic E-state index is -0.572. The zero-order valence-electron chi connectivity index (χ0n) is 18.0. The van der Waals surface area contributed by atoms with Gasteiger partial charge in [0.25, 0.3) is 0 Å². The third-order valence-electron chi connectivity index (χ3n) is 4.45. The van der Waals surface area contributed by atoms with Gasteiger partial charge < -0.3 is 20.1 Å². The fraction of sp³-hybridized carbons (Fsp3) is 0.364. The molecule has 2 aromatic carbocycles. The molecule has 0 aromatic heterocycles. The topological polar surface area (TPSA) is 79.9 Å². The Kier molecular flexibility index (Phi) is 9.43. The number of nitrogens with one attached hydrogen (secondary N) is 2. The number of nitrogens with zero attached hydrogens (tertiary/aromatic N) is 1. The number of carbonyl (C=O) groups excluding carboxylic acids is 2. The first-order valence-electron chi connectivity index (χ1n) is 9.90. The van der Waals surface area contributed by atoms with Gasteiger partial charge in [-0.1, -0.05) is 23.2 Å². The summed E-state index contributed by atoms with van der Waals surface area (Å²) in [4.78, 5) is 26.7. The Balaban J connectivity index is 1.96. The molecule has 0 unspecified atom stereocenters. The Morgan fingerprint density at radius 1 is 1.00 bits per heavy atom. The van der Waals surface area contributed by atoms with E-state index in [1.807, 2.05) is 13.8 Å². The minimum Gasteiger partial charge on any atom is -0.490 e. The highest BCUT2D eigenvalue weighted by Crippen LogP contribution is 2.30. The Morgan fingerprint density at radius 2 is 1.68 bits per heavy atom. The molecule has 2 amide bonds. The van der Waals surface area contributed by atoms with Crippen LogP contribution in [0.2, 0.25) is 10.0 Å². The summed E-state index contributed by atoms with van der Waals surface area (Å²) >= 11 is 12.0. The van der Waals surface area contributed by atoms with Crippen molar-refractivity contribution >= 4 is 46.4 Å². The summed E-state index contributed by atoms with van der Waals surface area (Å²) in [5.74, 6) is 0.617. The van der Waals surface area contributed by atoms with Gasteiger partial charge in [-0.25, -0.2) is 0 Å². The predicted octanol–water partition coefficient (Wildman–Crippen LogP) is 4.69. The van der Waals surface area contributed by atoms with Crippen molar-refractivity contribution in [2.45, 2.75) is 26.8 Å². The lowest BCUT2D eigenvalue weighted by Crippen LogP contribution is -2.43. The molecule has 0 saturated carbocycles. The van der Waals surface area contributed by atoms with Gasteiger partial charge in [0.2, 0.25) is 11.8 Å². The molecule has 0 spiro atoms. The predicted molar refractivity (Wildman–Crippen MR) is 125 cm³/mol. The maximum atomic E-state index is 12.5. The van der Waals surface area contributed by atoms with Crippen LogP contribution >= 0.6 is 23.2 Å². The molecule has 7 nitrogen and oxygen atoms in total. The van der Waals surface area contributed by atoms with E-state index in [9.17, 15) is 9.59 Å². The highest BCUT2D eigenvalue weighted by molar-refractivity contribution is 6.36. The lowest BCUT2D eigenvalue weighted by Gasteiger charge is -2.23. The van der Waals surface area contributed by atoms with Crippen molar-refractivity contribution in [3.8, 4) is 11.5 Å². The molecule has 0 saturated heterocycles. The maximum Gasteiger partial charge on any atom is 0.241 e. The van der Waals surface area contributed by atoms with Gasteiger partial charge in [-0.3, -0.25) is 14.5 Å². The van der Waals surface area contributed by atoms with Crippen LogP contribution in [0.4, 0.5) is 11.4 Å². The highest BCUT2D eigenvalue weighted by Gasteiger charge is 2.21. The lowest BCUT2D eigenvalue weighted by atomic mass is 10.2. The van der Waals surface area contributed by atoms with Crippen LogP contribution in [0.5, 0.6) is 11.5 Å². The maximum absolute atomic E-state index is 12.5. The van der Waals surface area contributed by atoms with Crippen LogP contribution in [-0.2, 0) is 9.59 Å². The third kappa shape index (κ3) is 7.31. The van der Waals surface area contributed by atoms with E-state index in [0.717, 1.165) is 0 Å². The number of hydrogen-bond donors (Lipinski definition) is 2. The smallest absolute Gasteiger partial charge is 0.241 e. The van der Waals surface area contributed by atoms with E-state index in [0.29, 0.717) is 46.1 Å². The minimum absolute atomic E-state index is 0.0140. The Bertz CT molecular complexity index is 924. The first-order chi connectivity index (χ1) is 14.7. The van der Waals surface area contributed by atoms with Crippen molar-refractivity contribution in [1.29, 1.82) is 0 Å². The van der Waals surface area contributed by atoms with Gasteiger partial charge >= 0.3 is 0 Å². The number of amides is 2. The normalized spacial score (nSPS) is 11.7. The zero-order valence-corrected chi connectivity index (χ0v) is 19.5. The molecule has 0 aliphatic carbocycles. The van der Waals surface area contributed by atoms with Crippen LogP contribution in [0.3, 0.4) is 0 Å². The molecule has 0 fully saturated rings. The van der Waals surface area contributed by atoms with E-state index in [1.54, 1.807) is 55.3 Å². The lowest BCUT2D eigenvalue weighted by molar-refractivity contribution is -0.122. The monoisotopic (exact) mass is 467 g/mol. The Morgan fingerprint density at radius 3 is 2.32 bits per heavy atom. The van der Waals surface area contributed by atoms with Gasteiger partial charge in [-0.2, -0.15) is 0 Å². The van der Waals surface area contributed by atoms with E-state index in [1.165, 1.54) is 0 Å². The van der Waals surface area contributed by atoms with Crippen LogP contribution in [0.25, 0.3) is 0 Å². The zero-order chi connectivity index (χ0) is 23.0. The molecule has 168 valence electrons. The second-order valence-electron chi connectivity index (χ2n) is 6.78. The number of carbonyl (C=O) groups is 2. The molecule has 0 bridgehead atoms. The van der Waals surface area contributed by atoms with E-state index in [2.05, 4.69) is 10.6 Å². The number of likely N-dealkylation sites (N-methyl/N-ethyl adjacent to an activating group) is 1. The second kappa shape index (κ2) is 11.8. The standard InChI is InChI=1S/C22H27Cl2N3O4/c1-5-30-19-10-8-16(12-20(19)31-6-2)25-21(28)13-27(4)14(3)22(29)26-18-9-7-15(23)11-17(18)24/h7-12,14H,5-6,13H2,1-4H3,(H,25,28)(H,26,29)/t14-/m1/s1. The number of ether oxygens (including phenoxy) is 2.